The van der Waals surface area contributed by atoms with Gasteiger partial charge in [0.25, 0.3) is 0 Å². The van der Waals surface area contributed by atoms with E-state index in [1.54, 1.807) is 30.3 Å². The molecule has 0 spiro atoms. The van der Waals surface area contributed by atoms with Crippen LogP contribution in [0.1, 0.15) is 6.92 Å². The lowest BCUT2D eigenvalue weighted by atomic mass is 10.3. The molecule has 2 N–H and O–H groups in total. The Morgan fingerprint density at radius 3 is 2.23 bits per heavy atom. The third-order valence-electron chi connectivity index (χ3n) is 2.89. The van der Waals surface area contributed by atoms with Crippen LogP contribution in [0.2, 0.25) is 0 Å². The molecule has 5 nitrogen and oxygen atoms in total. The maximum absolute atomic E-state index is 12.8. The van der Waals surface area contributed by atoms with Crippen LogP contribution in [-0.4, -0.2) is 20.4 Å². The van der Waals surface area contributed by atoms with Crippen LogP contribution < -0.4 is 10.0 Å². The van der Waals surface area contributed by atoms with Gasteiger partial charge < -0.3 is 5.32 Å². The van der Waals surface area contributed by atoms with Crippen LogP contribution in [0.15, 0.2) is 59.5 Å². The molecule has 0 aliphatic rings. The number of benzene rings is 2. The lowest BCUT2D eigenvalue weighted by molar-refractivity contribution is -0.117. The highest BCUT2D eigenvalue weighted by molar-refractivity contribution is 7.89. The summed E-state index contributed by atoms with van der Waals surface area (Å²) in [4.78, 5) is 11.9. The highest BCUT2D eigenvalue weighted by atomic mass is 32.2. The summed E-state index contributed by atoms with van der Waals surface area (Å²) < 4.78 is 39.3. The zero-order valence-corrected chi connectivity index (χ0v) is 12.6. The molecule has 0 heterocycles. The van der Waals surface area contributed by atoms with Crippen molar-refractivity contribution < 1.29 is 17.6 Å². The number of amides is 1. The van der Waals surface area contributed by atoms with Crippen molar-refractivity contribution >= 4 is 21.6 Å². The van der Waals surface area contributed by atoms with E-state index in [0.29, 0.717) is 5.69 Å². The van der Waals surface area contributed by atoms with E-state index < -0.39 is 27.8 Å². The van der Waals surface area contributed by atoms with Gasteiger partial charge in [0.05, 0.1) is 10.9 Å². The molecule has 1 unspecified atom stereocenters. The van der Waals surface area contributed by atoms with Gasteiger partial charge in [0, 0.05) is 5.69 Å². The number of carbonyl (C=O) groups is 1. The highest BCUT2D eigenvalue weighted by Gasteiger charge is 2.22. The lowest BCUT2D eigenvalue weighted by Gasteiger charge is -2.14. The van der Waals surface area contributed by atoms with E-state index in [1.807, 2.05) is 0 Å². The number of carbonyl (C=O) groups excluding carboxylic acids is 1. The number of nitrogens with one attached hydrogen (secondary N) is 2. The van der Waals surface area contributed by atoms with Gasteiger partial charge in [0.15, 0.2) is 0 Å². The fraction of sp³-hybridized carbons (Fsp3) is 0.133. The van der Waals surface area contributed by atoms with Gasteiger partial charge in [0.1, 0.15) is 5.82 Å². The molecule has 2 aromatic carbocycles. The smallest absolute Gasteiger partial charge is 0.242 e. The number of hydrogen-bond acceptors (Lipinski definition) is 3. The fourth-order valence-electron chi connectivity index (χ4n) is 1.74. The summed E-state index contributed by atoms with van der Waals surface area (Å²) in [5.74, 6) is -1.02. The zero-order chi connectivity index (χ0) is 16.2. The molecular weight excluding hydrogens is 307 g/mol. The third kappa shape index (κ3) is 4.12. The number of para-hydroxylation sites is 1. The van der Waals surface area contributed by atoms with Crippen LogP contribution in [0.3, 0.4) is 0 Å². The molecule has 116 valence electrons. The normalized spacial score (nSPS) is 12.6. The molecule has 7 heteroatoms. The van der Waals surface area contributed by atoms with E-state index in [4.69, 9.17) is 0 Å². The van der Waals surface area contributed by atoms with Crippen molar-refractivity contribution in [2.75, 3.05) is 5.32 Å². The Morgan fingerprint density at radius 2 is 1.64 bits per heavy atom. The summed E-state index contributed by atoms with van der Waals surface area (Å²) in [6, 6.07) is 12.1. The maximum atomic E-state index is 12.8. The fourth-order valence-corrected chi connectivity index (χ4v) is 2.94. The predicted octanol–water partition coefficient (Wildman–Crippen LogP) is 2.13. The Balaban J connectivity index is 2.05. The Morgan fingerprint density at radius 1 is 1.05 bits per heavy atom. The molecule has 22 heavy (non-hydrogen) atoms. The minimum atomic E-state index is -3.89. The first-order valence-corrected chi connectivity index (χ1v) is 8.00. The monoisotopic (exact) mass is 322 g/mol. The largest absolute Gasteiger partial charge is 0.325 e. The Hall–Kier alpha value is -2.25. The van der Waals surface area contributed by atoms with Crippen molar-refractivity contribution in [3.63, 3.8) is 0 Å². The molecule has 0 fully saturated rings. The van der Waals surface area contributed by atoms with Gasteiger partial charge in [-0.3, -0.25) is 4.79 Å². The summed E-state index contributed by atoms with van der Waals surface area (Å²) in [5, 5.41) is 2.60. The average molecular weight is 322 g/mol. The summed E-state index contributed by atoms with van der Waals surface area (Å²) >= 11 is 0. The second-order valence-electron chi connectivity index (χ2n) is 4.65. The quantitative estimate of drug-likeness (QED) is 0.885. The Kier molecular flexibility index (Phi) is 4.89. The third-order valence-corrected chi connectivity index (χ3v) is 4.45. The molecule has 0 bridgehead atoms. The van der Waals surface area contributed by atoms with Gasteiger partial charge in [-0.2, -0.15) is 4.72 Å². The SMILES string of the molecule is CC(NS(=O)(=O)c1ccc(F)cc1)C(=O)Nc1ccccc1. The van der Waals surface area contributed by atoms with E-state index in [-0.39, 0.29) is 4.90 Å². The van der Waals surface area contributed by atoms with Crippen molar-refractivity contribution in [3.8, 4) is 0 Å². The van der Waals surface area contributed by atoms with E-state index >= 15 is 0 Å². The second-order valence-corrected chi connectivity index (χ2v) is 6.37. The first-order chi connectivity index (χ1) is 10.4. The molecule has 1 amide bonds. The lowest BCUT2D eigenvalue weighted by Crippen LogP contribution is -2.41. The average Bonchev–Trinajstić information content (AvgIpc) is 2.48. The van der Waals surface area contributed by atoms with Gasteiger partial charge >= 0.3 is 0 Å². The van der Waals surface area contributed by atoms with Crippen LogP contribution in [0.25, 0.3) is 0 Å². The summed E-state index contributed by atoms with van der Waals surface area (Å²) in [6.45, 7) is 1.43. The van der Waals surface area contributed by atoms with Crippen LogP contribution in [0, 0.1) is 5.82 Å². The van der Waals surface area contributed by atoms with Gasteiger partial charge in [-0.05, 0) is 43.3 Å². The van der Waals surface area contributed by atoms with Crippen molar-refractivity contribution in [3.05, 3.63) is 60.4 Å². The zero-order valence-electron chi connectivity index (χ0n) is 11.8. The molecule has 1 atom stereocenters. The Bertz CT molecular complexity index is 746. The van der Waals surface area contributed by atoms with Gasteiger partial charge in [-0.1, -0.05) is 18.2 Å². The van der Waals surface area contributed by atoms with E-state index in [9.17, 15) is 17.6 Å². The molecular formula is C15H15FN2O3S. The first kappa shape index (κ1) is 16.1. The van der Waals surface area contributed by atoms with Crippen LogP contribution in [-0.2, 0) is 14.8 Å². The number of anilines is 1. The summed E-state index contributed by atoms with van der Waals surface area (Å²) in [5.41, 5.74) is 0.570. The topological polar surface area (TPSA) is 75.3 Å². The number of rotatable bonds is 5. The molecule has 0 saturated heterocycles. The predicted molar refractivity (Wildman–Crippen MR) is 81.3 cm³/mol. The molecule has 0 aromatic heterocycles. The molecule has 0 aliphatic heterocycles. The van der Waals surface area contributed by atoms with Gasteiger partial charge in [-0.15, -0.1) is 0 Å². The summed E-state index contributed by atoms with van der Waals surface area (Å²) in [7, 11) is -3.89. The number of halogens is 1. The van der Waals surface area contributed by atoms with E-state index in [1.165, 1.54) is 6.92 Å². The van der Waals surface area contributed by atoms with Crippen LogP contribution in [0.4, 0.5) is 10.1 Å². The Labute approximate surface area is 128 Å². The standard InChI is InChI=1S/C15H15FN2O3S/c1-11(15(19)17-13-5-3-2-4-6-13)18-22(20,21)14-9-7-12(16)8-10-14/h2-11,18H,1H3,(H,17,19). The molecule has 2 rings (SSSR count). The van der Waals surface area contributed by atoms with Gasteiger partial charge in [0.2, 0.25) is 15.9 Å². The number of sulfonamides is 1. The second kappa shape index (κ2) is 6.67. The molecule has 2 aromatic rings. The minimum absolute atomic E-state index is 0.103. The molecule has 0 radical (unpaired) electrons. The molecule has 0 aliphatic carbocycles. The van der Waals surface area contributed by atoms with Crippen molar-refractivity contribution in [2.45, 2.75) is 17.9 Å². The van der Waals surface area contributed by atoms with E-state index in [0.717, 1.165) is 24.3 Å². The highest BCUT2D eigenvalue weighted by Crippen LogP contribution is 2.11. The van der Waals surface area contributed by atoms with Crippen molar-refractivity contribution in [1.29, 1.82) is 0 Å². The van der Waals surface area contributed by atoms with Crippen molar-refractivity contribution in [1.82, 2.24) is 4.72 Å². The first-order valence-electron chi connectivity index (χ1n) is 6.52. The maximum Gasteiger partial charge on any atom is 0.242 e. The van der Waals surface area contributed by atoms with E-state index in [2.05, 4.69) is 10.0 Å². The van der Waals surface area contributed by atoms with Crippen molar-refractivity contribution in [2.24, 2.45) is 0 Å². The van der Waals surface area contributed by atoms with Gasteiger partial charge in [-0.25, -0.2) is 12.8 Å². The molecule has 0 saturated carbocycles. The van der Waals surface area contributed by atoms with Crippen LogP contribution >= 0.6 is 0 Å². The number of hydrogen-bond donors (Lipinski definition) is 2. The summed E-state index contributed by atoms with van der Waals surface area (Å²) in [6.07, 6.45) is 0. The van der Waals surface area contributed by atoms with Crippen LogP contribution in [0.5, 0.6) is 0 Å². The minimum Gasteiger partial charge on any atom is -0.325 e.